The van der Waals surface area contributed by atoms with Gasteiger partial charge < -0.3 is 4.74 Å². The first-order chi connectivity index (χ1) is 10.1. The van der Waals surface area contributed by atoms with E-state index in [1.54, 1.807) is 7.11 Å². The highest BCUT2D eigenvalue weighted by molar-refractivity contribution is 5.96. The van der Waals surface area contributed by atoms with Gasteiger partial charge in [-0.3, -0.25) is 14.9 Å². The van der Waals surface area contributed by atoms with E-state index >= 15 is 0 Å². The van der Waals surface area contributed by atoms with Gasteiger partial charge in [-0.1, -0.05) is 18.2 Å². The Morgan fingerprint density at radius 3 is 2.43 bits per heavy atom. The molecule has 0 fully saturated rings. The van der Waals surface area contributed by atoms with E-state index in [0.717, 1.165) is 11.3 Å². The molecule has 0 saturated carbocycles. The topological polar surface area (TPSA) is 69.4 Å². The number of methoxy groups -OCH3 is 1. The number of para-hydroxylation sites is 1. The Morgan fingerprint density at radius 1 is 1.14 bits per heavy atom. The van der Waals surface area contributed by atoms with E-state index in [1.807, 2.05) is 24.3 Å². The van der Waals surface area contributed by atoms with Crippen LogP contribution in [0.4, 0.5) is 5.69 Å². The average molecular weight is 285 g/mol. The number of carbonyl (C=O) groups is 1. The van der Waals surface area contributed by atoms with Gasteiger partial charge in [0, 0.05) is 24.1 Å². The van der Waals surface area contributed by atoms with Crippen molar-refractivity contribution in [1.82, 2.24) is 0 Å². The molecular formula is C16H15NO4. The van der Waals surface area contributed by atoms with E-state index in [9.17, 15) is 14.9 Å². The van der Waals surface area contributed by atoms with Crippen LogP contribution in [0, 0.1) is 10.1 Å². The van der Waals surface area contributed by atoms with Crippen molar-refractivity contribution in [1.29, 1.82) is 0 Å². The number of hydrogen-bond donors (Lipinski definition) is 0. The lowest BCUT2D eigenvalue weighted by molar-refractivity contribution is -0.384. The van der Waals surface area contributed by atoms with Crippen molar-refractivity contribution >= 4 is 11.5 Å². The van der Waals surface area contributed by atoms with Crippen molar-refractivity contribution in [2.45, 2.75) is 12.8 Å². The van der Waals surface area contributed by atoms with Gasteiger partial charge in [0.05, 0.1) is 12.0 Å². The molecule has 0 heterocycles. The molecule has 0 aliphatic carbocycles. The number of nitro groups is 1. The summed E-state index contributed by atoms with van der Waals surface area (Å²) in [4.78, 5) is 22.2. The predicted octanol–water partition coefficient (Wildman–Crippen LogP) is 3.42. The second kappa shape index (κ2) is 6.65. The number of non-ortho nitro benzene ring substituents is 1. The zero-order valence-electron chi connectivity index (χ0n) is 11.6. The van der Waals surface area contributed by atoms with E-state index in [4.69, 9.17) is 4.74 Å². The van der Waals surface area contributed by atoms with Gasteiger partial charge in [0.25, 0.3) is 5.69 Å². The monoisotopic (exact) mass is 285 g/mol. The van der Waals surface area contributed by atoms with E-state index < -0.39 is 4.92 Å². The Kier molecular flexibility index (Phi) is 4.66. The lowest BCUT2D eigenvalue weighted by Gasteiger charge is -2.07. The second-order valence-corrected chi connectivity index (χ2v) is 4.54. The second-order valence-electron chi connectivity index (χ2n) is 4.54. The SMILES string of the molecule is COc1ccccc1CCC(=O)c1ccc([N+](=O)[O-])cc1. The number of ether oxygens (including phenoxy) is 1. The molecule has 21 heavy (non-hydrogen) atoms. The van der Waals surface area contributed by atoms with Gasteiger partial charge in [0.1, 0.15) is 5.75 Å². The normalized spacial score (nSPS) is 10.1. The molecule has 0 aliphatic heterocycles. The van der Waals surface area contributed by atoms with Crippen LogP contribution in [-0.4, -0.2) is 17.8 Å². The highest BCUT2D eigenvalue weighted by Crippen LogP contribution is 2.20. The van der Waals surface area contributed by atoms with Crippen molar-refractivity contribution in [2.24, 2.45) is 0 Å². The maximum absolute atomic E-state index is 12.1. The third kappa shape index (κ3) is 3.66. The number of aryl methyl sites for hydroxylation is 1. The Bertz CT molecular complexity index is 650. The summed E-state index contributed by atoms with van der Waals surface area (Å²) in [6, 6.07) is 13.2. The third-order valence-electron chi connectivity index (χ3n) is 3.21. The summed E-state index contributed by atoms with van der Waals surface area (Å²) in [6.07, 6.45) is 0.901. The summed E-state index contributed by atoms with van der Waals surface area (Å²) in [5.41, 5.74) is 1.43. The molecule has 0 bridgehead atoms. The van der Waals surface area contributed by atoms with Crippen LogP contribution in [0.5, 0.6) is 5.75 Å². The highest BCUT2D eigenvalue weighted by Gasteiger charge is 2.11. The lowest BCUT2D eigenvalue weighted by Crippen LogP contribution is -2.02. The first-order valence-corrected chi connectivity index (χ1v) is 6.51. The Morgan fingerprint density at radius 2 is 1.81 bits per heavy atom. The van der Waals surface area contributed by atoms with Crippen LogP contribution in [0.15, 0.2) is 48.5 Å². The number of rotatable bonds is 6. The summed E-state index contributed by atoms with van der Waals surface area (Å²) < 4.78 is 5.24. The fourth-order valence-electron chi connectivity index (χ4n) is 2.07. The maximum Gasteiger partial charge on any atom is 0.269 e. The van der Waals surface area contributed by atoms with Gasteiger partial charge in [-0.25, -0.2) is 0 Å². The van der Waals surface area contributed by atoms with Crippen LogP contribution in [-0.2, 0) is 6.42 Å². The van der Waals surface area contributed by atoms with Gasteiger partial charge in [-0.2, -0.15) is 0 Å². The molecule has 0 unspecified atom stereocenters. The molecule has 5 heteroatoms. The lowest BCUT2D eigenvalue weighted by atomic mass is 10.0. The molecule has 2 aromatic rings. The molecule has 0 radical (unpaired) electrons. The smallest absolute Gasteiger partial charge is 0.269 e. The first-order valence-electron chi connectivity index (χ1n) is 6.51. The zero-order chi connectivity index (χ0) is 15.2. The van der Waals surface area contributed by atoms with E-state index in [1.165, 1.54) is 24.3 Å². The minimum absolute atomic E-state index is 0.0173. The van der Waals surface area contributed by atoms with E-state index in [2.05, 4.69) is 0 Å². The van der Waals surface area contributed by atoms with Crippen LogP contribution in [0.3, 0.4) is 0 Å². The third-order valence-corrected chi connectivity index (χ3v) is 3.21. The number of carbonyl (C=O) groups excluding carboxylic acids is 1. The van der Waals surface area contributed by atoms with Crippen LogP contribution in [0.25, 0.3) is 0 Å². The standard InChI is InChI=1S/C16H15NO4/c1-21-16-5-3-2-4-13(16)8-11-15(18)12-6-9-14(10-7-12)17(19)20/h2-7,9-10H,8,11H2,1H3. The molecule has 0 amide bonds. The van der Waals surface area contributed by atoms with Gasteiger partial charge in [-0.05, 0) is 30.2 Å². The van der Waals surface area contributed by atoms with Gasteiger partial charge in [0.15, 0.2) is 5.78 Å². The molecule has 2 aromatic carbocycles. The quantitative estimate of drug-likeness (QED) is 0.463. The fraction of sp³-hybridized carbons (Fsp3) is 0.188. The largest absolute Gasteiger partial charge is 0.496 e. The average Bonchev–Trinajstić information content (AvgIpc) is 2.52. The summed E-state index contributed by atoms with van der Waals surface area (Å²) in [5, 5.41) is 10.6. The number of Topliss-reactive ketones (excluding diaryl/α,β-unsaturated/α-hetero) is 1. The zero-order valence-corrected chi connectivity index (χ0v) is 11.6. The van der Waals surface area contributed by atoms with Crippen LogP contribution in [0.2, 0.25) is 0 Å². The Balaban J connectivity index is 2.03. The Hall–Kier alpha value is -2.69. The molecule has 108 valence electrons. The molecule has 0 aromatic heterocycles. The number of hydrogen-bond acceptors (Lipinski definition) is 4. The predicted molar refractivity (Wildman–Crippen MR) is 78.7 cm³/mol. The maximum atomic E-state index is 12.1. The van der Waals surface area contributed by atoms with Crippen molar-refractivity contribution < 1.29 is 14.5 Å². The molecule has 2 rings (SSSR count). The van der Waals surface area contributed by atoms with Crippen LogP contribution >= 0.6 is 0 Å². The minimum atomic E-state index is -0.483. The molecule has 5 nitrogen and oxygen atoms in total. The number of nitrogens with zero attached hydrogens (tertiary/aromatic N) is 1. The van der Waals surface area contributed by atoms with E-state index in [0.29, 0.717) is 18.4 Å². The summed E-state index contributed by atoms with van der Waals surface area (Å²) in [5.74, 6) is 0.713. The molecular weight excluding hydrogens is 270 g/mol. The van der Waals surface area contributed by atoms with Crippen molar-refractivity contribution in [3.8, 4) is 5.75 Å². The summed E-state index contributed by atoms with van der Waals surface area (Å²) in [7, 11) is 1.59. The van der Waals surface area contributed by atoms with Crippen molar-refractivity contribution in [3.63, 3.8) is 0 Å². The van der Waals surface area contributed by atoms with E-state index in [-0.39, 0.29) is 11.5 Å². The van der Waals surface area contributed by atoms with Gasteiger partial charge in [-0.15, -0.1) is 0 Å². The van der Waals surface area contributed by atoms with Gasteiger partial charge >= 0.3 is 0 Å². The molecule has 0 N–H and O–H groups in total. The number of benzene rings is 2. The van der Waals surface area contributed by atoms with Crippen LogP contribution < -0.4 is 4.74 Å². The first kappa shape index (κ1) is 14.7. The van der Waals surface area contributed by atoms with Crippen molar-refractivity contribution in [2.75, 3.05) is 7.11 Å². The minimum Gasteiger partial charge on any atom is -0.496 e. The summed E-state index contributed by atoms with van der Waals surface area (Å²) in [6.45, 7) is 0. The Labute approximate surface area is 122 Å². The van der Waals surface area contributed by atoms with Gasteiger partial charge in [0.2, 0.25) is 0 Å². The number of nitro benzene ring substituents is 1. The molecule has 0 aliphatic rings. The summed E-state index contributed by atoms with van der Waals surface area (Å²) >= 11 is 0. The van der Waals surface area contributed by atoms with Crippen molar-refractivity contribution in [3.05, 3.63) is 69.8 Å². The fourth-order valence-corrected chi connectivity index (χ4v) is 2.07. The highest BCUT2D eigenvalue weighted by atomic mass is 16.6. The molecule has 0 spiro atoms. The molecule has 0 atom stereocenters. The van der Waals surface area contributed by atoms with Crippen LogP contribution in [0.1, 0.15) is 22.3 Å². The number of ketones is 1. The molecule has 0 saturated heterocycles.